The Morgan fingerprint density at radius 2 is 1.75 bits per heavy atom. The van der Waals surface area contributed by atoms with E-state index < -0.39 is 20.0 Å². The second kappa shape index (κ2) is 8.59. The Morgan fingerprint density at radius 3 is 2.33 bits per heavy atom. The minimum absolute atomic E-state index is 0. The van der Waals surface area contributed by atoms with Crippen LogP contribution in [-0.4, -0.2) is 47.3 Å². The van der Waals surface area contributed by atoms with Crippen LogP contribution in [0, 0.1) is 6.92 Å². The third kappa shape index (κ3) is 4.68. The zero-order chi connectivity index (χ0) is 17.1. The Bertz CT molecular complexity index is 760. The summed E-state index contributed by atoms with van der Waals surface area (Å²) in [6.45, 7) is 2.89. The molecule has 0 saturated carbocycles. The van der Waals surface area contributed by atoms with Crippen molar-refractivity contribution in [3.8, 4) is 0 Å². The zero-order valence-electron chi connectivity index (χ0n) is 13.6. The van der Waals surface area contributed by atoms with Crippen molar-refractivity contribution in [1.82, 2.24) is 9.03 Å². The molecule has 1 fully saturated rings. The SMILES string of the molecule is Cc1ccc(S(=O)(=O)NCCN)cc1S(=O)(=O)N1CCCCC1.Cl. The van der Waals surface area contributed by atoms with Crippen molar-refractivity contribution < 1.29 is 16.8 Å². The van der Waals surface area contributed by atoms with Crippen LogP contribution >= 0.6 is 12.4 Å². The zero-order valence-corrected chi connectivity index (χ0v) is 16.0. The van der Waals surface area contributed by atoms with E-state index in [0.717, 1.165) is 19.3 Å². The molecule has 1 heterocycles. The minimum Gasteiger partial charge on any atom is -0.329 e. The number of nitrogens with two attached hydrogens (primary N) is 1. The number of rotatable bonds is 6. The molecule has 1 aromatic carbocycles. The van der Waals surface area contributed by atoms with Gasteiger partial charge < -0.3 is 5.73 Å². The highest BCUT2D eigenvalue weighted by atomic mass is 35.5. The van der Waals surface area contributed by atoms with Crippen molar-refractivity contribution in [3.63, 3.8) is 0 Å². The molecule has 0 bridgehead atoms. The van der Waals surface area contributed by atoms with E-state index in [-0.39, 0.29) is 35.3 Å². The second-order valence-corrected chi connectivity index (χ2v) is 9.25. The van der Waals surface area contributed by atoms with Crippen LogP contribution in [0.4, 0.5) is 0 Å². The van der Waals surface area contributed by atoms with E-state index in [0.29, 0.717) is 18.7 Å². The van der Waals surface area contributed by atoms with Gasteiger partial charge in [-0.1, -0.05) is 12.5 Å². The van der Waals surface area contributed by atoms with Gasteiger partial charge in [-0.3, -0.25) is 0 Å². The number of hydrogen-bond acceptors (Lipinski definition) is 5. The molecule has 0 atom stereocenters. The predicted molar refractivity (Wildman–Crippen MR) is 95.3 cm³/mol. The van der Waals surface area contributed by atoms with Crippen molar-refractivity contribution in [2.45, 2.75) is 36.0 Å². The fourth-order valence-electron chi connectivity index (χ4n) is 2.55. The standard InChI is InChI=1S/C14H23N3O4S2.ClH/c1-12-5-6-13(22(18,19)16-8-7-15)11-14(12)23(20,21)17-9-3-2-4-10-17;/h5-6,11,16H,2-4,7-10,15H2,1H3;1H. The van der Waals surface area contributed by atoms with Crippen LogP contribution in [0.2, 0.25) is 0 Å². The van der Waals surface area contributed by atoms with E-state index in [9.17, 15) is 16.8 Å². The van der Waals surface area contributed by atoms with Crippen LogP contribution < -0.4 is 10.5 Å². The molecule has 7 nitrogen and oxygen atoms in total. The fourth-order valence-corrected chi connectivity index (χ4v) is 5.46. The van der Waals surface area contributed by atoms with Crippen molar-refractivity contribution in [2.75, 3.05) is 26.2 Å². The molecule has 1 saturated heterocycles. The van der Waals surface area contributed by atoms with Crippen LogP contribution in [-0.2, 0) is 20.0 Å². The molecule has 1 aliphatic rings. The van der Waals surface area contributed by atoms with Crippen molar-refractivity contribution in [1.29, 1.82) is 0 Å². The lowest BCUT2D eigenvalue weighted by Crippen LogP contribution is -2.36. The van der Waals surface area contributed by atoms with Gasteiger partial charge in [-0.25, -0.2) is 21.6 Å². The molecule has 0 amide bonds. The highest BCUT2D eigenvalue weighted by Crippen LogP contribution is 2.25. The number of hydrogen-bond donors (Lipinski definition) is 2. The number of nitrogens with one attached hydrogen (secondary N) is 1. The summed E-state index contributed by atoms with van der Waals surface area (Å²) in [7, 11) is -7.45. The van der Waals surface area contributed by atoms with Crippen LogP contribution in [0.5, 0.6) is 0 Å². The number of nitrogens with zero attached hydrogens (tertiary/aromatic N) is 1. The normalized spacial score (nSPS) is 16.6. The topological polar surface area (TPSA) is 110 Å². The lowest BCUT2D eigenvalue weighted by molar-refractivity contribution is 0.346. The van der Waals surface area contributed by atoms with Crippen LogP contribution in [0.25, 0.3) is 0 Å². The molecular formula is C14H24ClN3O4S2. The van der Waals surface area contributed by atoms with Gasteiger partial charge in [-0.2, -0.15) is 4.31 Å². The number of benzene rings is 1. The first-order valence-electron chi connectivity index (χ1n) is 7.59. The first kappa shape index (κ1) is 21.3. The molecule has 1 aromatic rings. The summed E-state index contributed by atoms with van der Waals surface area (Å²) < 4.78 is 53.7. The Morgan fingerprint density at radius 1 is 1.12 bits per heavy atom. The molecule has 138 valence electrons. The highest BCUT2D eigenvalue weighted by molar-refractivity contribution is 7.90. The third-order valence-electron chi connectivity index (χ3n) is 3.84. The smallest absolute Gasteiger partial charge is 0.243 e. The lowest BCUT2D eigenvalue weighted by atomic mass is 10.2. The molecule has 0 radical (unpaired) electrons. The summed E-state index contributed by atoms with van der Waals surface area (Å²) in [5.41, 5.74) is 5.84. The van der Waals surface area contributed by atoms with E-state index >= 15 is 0 Å². The summed E-state index contributed by atoms with van der Waals surface area (Å²) in [5, 5.41) is 0. The molecule has 10 heteroatoms. The van der Waals surface area contributed by atoms with Crippen LogP contribution in [0.3, 0.4) is 0 Å². The number of piperidine rings is 1. The Kier molecular flexibility index (Phi) is 7.64. The van der Waals surface area contributed by atoms with Gasteiger partial charge in [0.05, 0.1) is 9.79 Å². The molecule has 0 spiro atoms. The molecule has 2 rings (SSSR count). The van der Waals surface area contributed by atoms with Gasteiger partial charge in [0.1, 0.15) is 0 Å². The Hall–Kier alpha value is -0.710. The Labute approximate surface area is 150 Å². The van der Waals surface area contributed by atoms with Crippen LogP contribution in [0.1, 0.15) is 24.8 Å². The minimum atomic E-state index is -3.77. The van der Waals surface area contributed by atoms with E-state index in [1.54, 1.807) is 6.92 Å². The monoisotopic (exact) mass is 397 g/mol. The maximum absolute atomic E-state index is 12.8. The van der Waals surface area contributed by atoms with Crippen molar-refractivity contribution in [2.24, 2.45) is 5.73 Å². The third-order valence-corrected chi connectivity index (χ3v) is 7.34. The molecule has 1 aliphatic heterocycles. The maximum atomic E-state index is 12.8. The van der Waals surface area contributed by atoms with Crippen molar-refractivity contribution in [3.05, 3.63) is 23.8 Å². The summed E-state index contributed by atoms with van der Waals surface area (Å²) in [4.78, 5) is -0.0119. The molecule has 24 heavy (non-hydrogen) atoms. The molecule has 0 aliphatic carbocycles. The molecule has 0 aromatic heterocycles. The predicted octanol–water partition coefficient (Wildman–Crippen LogP) is 0.828. The van der Waals surface area contributed by atoms with Gasteiger partial charge in [0.25, 0.3) is 0 Å². The molecule has 0 unspecified atom stereocenters. The number of sulfonamides is 2. The average molecular weight is 398 g/mol. The van der Waals surface area contributed by atoms with Gasteiger partial charge in [0.15, 0.2) is 0 Å². The highest BCUT2D eigenvalue weighted by Gasteiger charge is 2.28. The summed E-state index contributed by atoms with van der Waals surface area (Å²) in [6, 6.07) is 4.16. The van der Waals surface area contributed by atoms with Gasteiger partial charge in [0, 0.05) is 26.2 Å². The number of aryl methyl sites for hydroxylation is 1. The molecule has 3 N–H and O–H groups in total. The summed E-state index contributed by atoms with van der Waals surface area (Å²) >= 11 is 0. The van der Waals surface area contributed by atoms with Gasteiger partial charge >= 0.3 is 0 Å². The lowest BCUT2D eigenvalue weighted by Gasteiger charge is -2.26. The van der Waals surface area contributed by atoms with E-state index in [4.69, 9.17) is 5.73 Å². The van der Waals surface area contributed by atoms with Crippen molar-refractivity contribution >= 4 is 32.5 Å². The maximum Gasteiger partial charge on any atom is 0.243 e. The Balaban J connectivity index is 0.00000288. The quantitative estimate of drug-likeness (QED) is 0.738. The van der Waals surface area contributed by atoms with Gasteiger partial charge in [-0.05, 0) is 37.5 Å². The second-order valence-electron chi connectivity index (χ2n) is 5.58. The van der Waals surface area contributed by atoms with E-state index in [2.05, 4.69) is 4.72 Å². The summed E-state index contributed by atoms with van der Waals surface area (Å²) in [6.07, 6.45) is 2.67. The van der Waals surface area contributed by atoms with E-state index in [1.807, 2.05) is 0 Å². The molecular weight excluding hydrogens is 374 g/mol. The number of halogens is 1. The first-order valence-corrected chi connectivity index (χ1v) is 10.5. The summed E-state index contributed by atoms with van der Waals surface area (Å²) in [5.74, 6) is 0. The van der Waals surface area contributed by atoms with Crippen LogP contribution in [0.15, 0.2) is 28.0 Å². The van der Waals surface area contributed by atoms with E-state index in [1.165, 1.54) is 22.5 Å². The van der Waals surface area contributed by atoms with Gasteiger partial charge in [0.2, 0.25) is 20.0 Å². The van der Waals surface area contributed by atoms with Gasteiger partial charge in [-0.15, -0.1) is 12.4 Å². The first-order chi connectivity index (χ1) is 10.8. The average Bonchev–Trinajstić information content (AvgIpc) is 2.54. The fraction of sp³-hybridized carbons (Fsp3) is 0.571. The largest absolute Gasteiger partial charge is 0.329 e.